The molecule has 0 aromatic carbocycles. The van der Waals surface area contributed by atoms with Crippen LogP contribution in [0.25, 0.3) is 5.65 Å². The van der Waals surface area contributed by atoms with Gasteiger partial charge in [0.1, 0.15) is 12.4 Å². The largest absolute Gasteiger partial charge is 0.403 e. The Kier molecular flexibility index (Phi) is 4.58. The molecule has 0 saturated carbocycles. The monoisotopic (exact) mass is 336 g/mol. The minimum Gasteiger partial charge on any atom is -0.403 e. The molecule has 2 aromatic heterocycles. The summed E-state index contributed by atoms with van der Waals surface area (Å²) >= 11 is 0. The van der Waals surface area contributed by atoms with E-state index in [9.17, 15) is 10.1 Å². The molecule has 0 fully saturated rings. The third-order valence-electron chi connectivity index (χ3n) is 4.62. The van der Waals surface area contributed by atoms with Crippen LogP contribution in [-0.4, -0.2) is 33.9 Å². The molecule has 0 unspecified atom stereocenters. The van der Waals surface area contributed by atoms with Crippen molar-refractivity contribution in [1.82, 2.24) is 14.6 Å². The van der Waals surface area contributed by atoms with Crippen molar-refractivity contribution >= 4 is 14.0 Å². The van der Waals surface area contributed by atoms with Gasteiger partial charge in [-0.3, -0.25) is 10.1 Å². The number of nitro groups is 1. The summed E-state index contributed by atoms with van der Waals surface area (Å²) in [5.41, 5.74) is 1.45. The fourth-order valence-corrected chi connectivity index (χ4v) is 3.37. The second kappa shape index (κ2) is 6.01. The van der Waals surface area contributed by atoms with Crippen molar-refractivity contribution < 1.29 is 9.35 Å². The minimum atomic E-state index is -2.16. The third-order valence-corrected chi connectivity index (χ3v) is 9.08. The van der Waals surface area contributed by atoms with Crippen LogP contribution >= 0.6 is 0 Å². The van der Waals surface area contributed by atoms with Crippen LogP contribution in [0.4, 0.5) is 0 Å². The van der Waals surface area contributed by atoms with E-state index < -0.39 is 20.5 Å². The van der Waals surface area contributed by atoms with Gasteiger partial charge in [0.05, 0.1) is 0 Å². The fraction of sp³-hybridized carbons (Fsp3) is 0.600. The molecule has 0 aliphatic rings. The number of hydrogen-bond acceptors (Lipinski definition) is 5. The van der Waals surface area contributed by atoms with Gasteiger partial charge in [-0.2, -0.15) is 5.10 Å². The second-order valence-corrected chi connectivity index (χ2v) is 12.1. The number of pyridine rings is 1. The zero-order valence-electron chi connectivity index (χ0n) is 14.5. The fourth-order valence-electron chi connectivity index (χ4n) is 2.05. The number of aromatic nitrogens is 3. The Hall–Kier alpha value is -1.80. The molecule has 0 spiro atoms. The van der Waals surface area contributed by atoms with Gasteiger partial charge in [0.25, 0.3) is 0 Å². The normalized spacial score (nSPS) is 15.6. The van der Waals surface area contributed by atoms with E-state index in [2.05, 4.69) is 43.9 Å². The van der Waals surface area contributed by atoms with Gasteiger partial charge < -0.3 is 4.43 Å². The van der Waals surface area contributed by atoms with E-state index in [1.54, 1.807) is 23.7 Å². The van der Waals surface area contributed by atoms with Crippen molar-refractivity contribution in [2.45, 2.75) is 58.0 Å². The molecule has 0 aliphatic heterocycles. The molecule has 2 rings (SSSR count). The Balaban J connectivity index is 2.43. The summed E-state index contributed by atoms with van der Waals surface area (Å²) in [4.78, 5) is 15.2. The number of nitrogens with zero attached hydrogens (tertiary/aromatic N) is 4. The Morgan fingerprint density at radius 2 is 2.00 bits per heavy atom. The summed E-state index contributed by atoms with van der Waals surface area (Å²) in [5.74, 6) is 0. The highest BCUT2D eigenvalue weighted by Gasteiger charge is 2.43. The van der Waals surface area contributed by atoms with Crippen LogP contribution in [0, 0.1) is 10.1 Å². The SMILES string of the molecule is C[C@@H]([C@H](O[Si](C)(C)C(C)(C)C)c1ccc2ncnn2c1)[N+](=O)[O-]. The maximum atomic E-state index is 11.4. The molecule has 126 valence electrons. The van der Waals surface area contributed by atoms with Crippen molar-refractivity contribution in [3.05, 3.63) is 40.3 Å². The quantitative estimate of drug-likeness (QED) is 0.474. The van der Waals surface area contributed by atoms with E-state index >= 15 is 0 Å². The van der Waals surface area contributed by atoms with Gasteiger partial charge in [0.15, 0.2) is 14.0 Å². The Morgan fingerprint density at radius 1 is 1.35 bits per heavy atom. The predicted octanol–water partition coefficient (Wildman–Crippen LogP) is 3.46. The molecule has 0 saturated heterocycles. The zero-order valence-corrected chi connectivity index (χ0v) is 15.5. The molecule has 23 heavy (non-hydrogen) atoms. The lowest BCUT2D eigenvalue weighted by atomic mass is 10.1. The molecule has 2 aromatic rings. The molecule has 0 N–H and O–H groups in total. The van der Waals surface area contributed by atoms with Crippen molar-refractivity contribution in [3.8, 4) is 0 Å². The summed E-state index contributed by atoms with van der Waals surface area (Å²) in [6, 6.07) is 2.80. The molecule has 2 heterocycles. The maximum absolute atomic E-state index is 11.4. The highest BCUT2D eigenvalue weighted by atomic mass is 28.4. The van der Waals surface area contributed by atoms with Crippen LogP contribution in [0.3, 0.4) is 0 Å². The van der Waals surface area contributed by atoms with Gasteiger partial charge in [-0.1, -0.05) is 26.8 Å². The number of hydrogen-bond donors (Lipinski definition) is 0. The molecule has 0 aliphatic carbocycles. The summed E-state index contributed by atoms with van der Waals surface area (Å²) in [5, 5.41) is 15.4. The van der Waals surface area contributed by atoms with Crippen LogP contribution in [0.5, 0.6) is 0 Å². The topological polar surface area (TPSA) is 82.6 Å². The Morgan fingerprint density at radius 3 is 2.57 bits per heavy atom. The molecule has 0 bridgehead atoms. The lowest BCUT2D eigenvalue weighted by molar-refractivity contribution is -0.530. The van der Waals surface area contributed by atoms with Crippen molar-refractivity contribution in [3.63, 3.8) is 0 Å². The second-order valence-electron chi connectivity index (χ2n) is 7.35. The summed E-state index contributed by atoms with van der Waals surface area (Å²) in [6.07, 6.45) is 2.61. The first-order chi connectivity index (χ1) is 10.5. The van der Waals surface area contributed by atoms with Gasteiger partial charge in [-0.05, 0) is 24.2 Å². The first-order valence-corrected chi connectivity index (χ1v) is 10.5. The molecule has 7 nitrogen and oxygen atoms in total. The van der Waals surface area contributed by atoms with Crippen LogP contribution in [0.2, 0.25) is 18.1 Å². The third kappa shape index (κ3) is 3.58. The standard InChI is InChI=1S/C15H24N4O3Si/c1-11(19(20)21)14(22-23(5,6)15(2,3)4)12-7-8-13-16-10-17-18(13)9-12/h7-11,14H,1-6H3/t11-,14-/m0/s1. The molecular weight excluding hydrogens is 312 g/mol. The minimum absolute atomic E-state index is 0.0288. The van der Waals surface area contributed by atoms with Gasteiger partial charge in [0.2, 0.25) is 6.04 Å². The van der Waals surface area contributed by atoms with Crippen LogP contribution in [0.1, 0.15) is 39.4 Å². The first kappa shape index (κ1) is 17.5. The average Bonchev–Trinajstić information content (AvgIpc) is 2.89. The van der Waals surface area contributed by atoms with Crippen molar-refractivity contribution in [2.24, 2.45) is 0 Å². The average molecular weight is 336 g/mol. The van der Waals surface area contributed by atoms with E-state index in [0.717, 1.165) is 5.56 Å². The van der Waals surface area contributed by atoms with Crippen LogP contribution in [0.15, 0.2) is 24.7 Å². The molecule has 2 atom stereocenters. The molecule has 0 radical (unpaired) electrons. The van der Waals surface area contributed by atoms with E-state index in [1.807, 2.05) is 6.07 Å². The van der Waals surface area contributed by atoms with E-state index in [4.69, 9.17) is 4.43 Å². The lowest BCUT2D eigenvalue weighted by Crippen LogP contribution is -2.44. The van der Waals surface area contributed by atoms with E-state index in [1.165, 1.54) is 6.33 Å². The maximum Gasteiger partial charge on any atom is 0.239 e. The van der Waals surface area contributed by atoms with Crippen LogP contribution in [-0.2, 0) is 4.43 Å². The first-order valence-electron chi connectivity index (χ1n) is 7.63. The smallest absolute Gasteiger partial charge is 0.239 e. The lowest BCUT2D eigenvalue weighted by Gasteiger charge is -2.39. The zero-order chi connectivity index (χ0) is 17.4. The summed E-state index contributed by atoms with van der Waals surface area (Å²) in [7, 11) is -2.16. The van der Waals surface area contributed by atoms with Crippen molar-refractivity contribution in [1.29, 1.82) is 0 Å². The Bertz CT molecular complexity index is 708. The predicted molar refractivity (Wildman–Crippen MR) is 90.5 cm³/mol. The van der Waals surface area contributed by atoms with Gasteiger partial charge >= 0.3 is 0 Å². The summed E-state index contributed by atoms with van der Waals surface area (Å²) in [6.45, 7) is 12.1. The molecule has 8 heteroatoms. The number of rotatable bonds is 5. The van der Waals surface area contributed by atoms with Crippen molar-refractivity contribution in [2.75, 3.05) is 0 Å². The van der Waals surface area contributed by atoms with E-state index in [0.29, 0.717) is 5.65 Å². The molecule has 0 amide bonds. The highest BCUT2D eigenvalue weighted by Crippen LogP contribution is 2.40. The molecular formula is C15H24N4O3Si. The highest BCUT2D eigenvalue weighted by molar-refractivity contribution is 6.74. The van der Waals surface area contributed by atoms with Gasteiger partial charge in [-0.15, -0.1) is 0 Å². The number of fused-ring (bicyclic) bond motifs is 1. The van der Waals surface area contributed by atoms with Gasteiger partial charge in [0, 0.05) is 23.6 Å². The van der Waals surface area contributed by atoms with Crippen LogP contribution < -0.4 is 0 Å². The van der Waals surface area contributed by atoms with Gasteiger partial charge in [-0.25, -0.2) is 9.50 Å². The Labute approximate surface area is 137 Å². The van der Waals surface area contributed by atoms with E-state index in [-0.39, 0.29) is 9.96 Å². The summed E-state index contributed by atoms with van der Waals surface area (Å²) < 4.78 is 7.99.